The van der Waals surface area contributed by atoms with Crippen molar-refractivity contribution >= 4 is 17.6 Å². The molecule has 2 N–H and O–H groups in total. The third-order valence-corrected chi connectivity index (χ3v) is 2.65. The first-order valence-electron chi connectivity index (χ1n) is 6.00. The van der Waals surface area contributed by atoms with Gasteiger partial charge in [0.1, 0.15) is 6.54 Å². The summed E-state index contributed by atoms with van der Waals surface area (Å²) in [5, 5.41) is 14.4. The molecule has 2 aromatic rings. The summed E-state index contributed by atoms with van der Waals surface area (Å²) in [5.74, 6) is -2.02. The number of aromatic nitrogens is 2. The third kappa shape index (κ3) is 3.62. The van der Waals surface area contributed by atoms with Crippen LogP contribution in [0.15, 0.2) is 36.5 Å². The van der Waals surface area contributed by atoms with Gasteiger partial charge in [0, 0.05) is 6.20 Å². The number of halogens is 3. The van der Waals surface area contributed by atoms with E-state index in [9.17, 15) is 22.8 Å². The topological polar surface area (TPSA) is 84.2 Å². The Balaban J connectivity index is 2.19. The van der Waals surface area contributed by atoms with E-state index in [1.807, 2.05) is 0 Å². The Morgan fingerprint density at radius 3 is 2.55 bits per heavy atom. The van der Waals surface area contributed by atoms with Gasteiger partial charge in [0.2, 0.25) is 0 Å². The fraction of sp³-hybridized carbons (Fsp3) is 0.154. The van der Waals surface area contributed by atoms with Crippen molar-refractivity contribution in [2.45, 2.75) is 12.7 Å². The smallest absolute Gasteiger partial charge is 0.418 e. The van der Waals surface area contributed by atoms with Crippen LogP contribution in [0, 0.1) is 0 Å². The molecule has 1 heterocycles. The Kier molecular flexibility index (Phi) is 4.15. The van der Waals surface area contributed by atoms with Gasteiger partial charge in [0.25, 0.3) is 5.91 Å². The van der Waals surface area contributed by atoms with E-state index >= 15 is 0 Å². The van der Waals surface area contributed by atoms with Crippen molar-refractivity contribution in [3.8, 4) is 0 Å². The molecule has 1 aromatic heterocycles. The number of hydrogen-bond donors (Lipinski definition) is 2. The summed E-state index contributed by atoms with van der Waals surface area (Å²) in [5.41, 5.74) is -1.56. The highest BCUT2D eigenvalue weighted by Crippen LogP contribution is 2.34. The molecule has 1 amide bonds. The normalized spacial score (nSPS) is 11.2. The van der Waals surface area contributed by atoms with E-state index in [2.05, 4.69) is 10.4 Å². The molecule has 0 spiro atoms. The number of hydrogen-bond acceptors (Lipinski definition) is 3. The summed E-state index contributed by atoms with van der Waals surface area (Å²) in [6, 6.07) is 5.75. The number of aliphatic carboxylic acids is 1. The van der Waals surface area contributed by atoms with Crippen LogP contribution < -0.4 is 5.32 Å². The van der Waals surface area contributed by atoms with E-state index in [0.29, 0.717) is 0 Å². The SMILES string of the molecule is O=C(O)Cn1ccc(C(=O)Nc2ccccc2C(F)(F)F)n1. The second kappa shape index (κ2) is 5.88. The van der Waals surface area contributed by atoms with Gasteiger partial charge < -0.3 is 10.4 Å². The maximum Gasteiger partial charge on any atom is 0.418 e. The molecule has 0 saturated carbocycles. The molecule has 0 bridgehead atoms. The van der Waals surface area contributed by atoms with Crippen molar-refractivity contribution in [3.63, 3.8) is 0 Å². The lowest BCUT2D eigenvalue weighted by Crippen LogP contribution is -2.18. The Bertz CT molecular complexity index is 710. The maximum atomic E-state index is 12.8. The summed E-state index contributed by atoms with van der Waals surface area (Å²) in [7, 11) is 0. The highest BCUT2D eigenvalue weighted by Gasteiger charge is 2.33. The molecular weight excluding hydrogens is 303 g/mol. The molecule has 0 aliphatic carbocycles. The first kappa shape index (κ1) is 15.5. The third-order valence-electron chi connectivity index (χ3n) is 2.65. The second-order valence-corrected chi connectivity index (χ2v) is 4.29. The summed E-state index contributed by atoms with van der Waals surface area (Å²) >= 11 is 0. The largest absolute Gasteiger partial charge is 0.480 e. The van der Waals surface area contributed by atoms with Crippen LogP contribution in [-0.2, 0) is 17.5 Å². The standard InChI is InChI=1S/C13H10F3N3O3/c14-13(15,16)8-3-1-2-4-9(8)17-12(22)10-5-6-19(18-10)7-11(20)21/h1-6H,7H2,(H,17,22)(H,20,21). The summed E-state index contributed by atoms with van der Waals surface area (Å²) in [6.07, 6.45) is -3.36. The maximum absolute atomic E-state index is 12.8. The number of rotatable bonds is 4. The lowest BCUT2D eigenvalue weighted by atomic mass is 10.1. The number of alkyl halides is 3. The summed E-state index contributed by atoms with van der Waals surface area (Å²) < 4.78 is 39.4. The van der Waals surface area contributed by atoms with E-state index in [1.54, 1.807) is 0 Å². The molecule has 6 nitrogen and oxygen atoms in total. The number of para-hydroxylation sites is 1. The average Bonchev–Trinajstić information content (AvgIpc) is 2.86. The number of carboxylic acid groups (broad SMARTS) is 1. The van der Waals surface area contributed by atoms with Crippen molar-refractivity contribution < 1.29 is 27.9 Å². The zero-order valence-corrected chi connectivity index (χ0v) is 11.0. The highest BCUT2D eigenvalue weighted by molar-refractivity contribution is 6.03. The van der Waals surface area contributed by atoms with Crippen LogP contribution in [0.4, 0.5) is 18.9 Å². The van der Waals surface area contributed by atoms with Crippen LogP contribution in [0.3, 0.4) is 0 Å². The molecule has 0 radical (unpaired) electrons. The van der Waals surface area contributed by atoms with Crippen LogP contribution in [0.1, 0.15) is 16.1 Å². The zero-order valence-electron chi connectivity index (χ0n) is 11.0. The number of carbonyl (C=O) groups excluding carboxylic acids is 1. The van der Waals surface area contributed by atoms with Crippen LogP contribution in [0.2, 0.25) is 0 Å². The van der Waals surface area contributed by atoms with Crippen molar-refractivity contribution in [1.82, 2.24) is 9.78 Å². The van der Waals surface area contributed by atoms with Gasteiger partial charge in [-0.05, 0) is 18.2 Å². The number of nitrogens with one attached hydrogen (secondary N) is 1. The quantitative estimate of drug-likeness (QED) is 0.906. The highest BCUT2D eigenvalue weighted by atomic mass is 19.4. The predicted octanol–water partition coefficient (Wildman–Crippen LogP) is 2.24. The molecule has 1 aromatic carbocycles. The minimum Gasteiger partial charge on any atom is -0.480 e. The average molecular weight is 313 g/mol. The molecule has 0 unspecified atom stereocenters. The number of amides is 1. The van der Waals surface area contributed by atoms with Gasteiger partial charge in [-0.25, -0.2) is 0 Å². The molecule has 0 aliphatic heterocycles. The fourth-order valence-electron chi connectivity index (χ4n) is 1.74. The number of carbonyl (C=O) groups is 2. The fourth-order valence-corrected chi connectivity index (χ4v) is 1.74. The van der Waals surface area contributed by atoms with Crippen LogP contribution >= 0.6 is 0 Å². The number of carboxylic acids is 1. The first-order chi connectivity index (χ1) is 10.3. The zero-order chi connectivity index (χ0) is 16.3. The lowest BCUT2D eigenvalue weighted by Gasteiger charge is -2.12. The predicted molar refractivity (Wildman–Crippen MR) is 69.3 cm³/mol. The molecule has 0 fully saturated rings. The molecule has 9 heteroatoms. The van der Waals surface area contributed by atoms with Gasteiger partial charge >= 0.3 is 12.1 Å². The van der Waals surface area contributed by atoms with Crippen molar-refractivity contribution in [1.29, 1.82) is 0 Å². The molecule has 0 atom stereocenters. The molecule has 116 valence electrons. The van der Waals surface area contributed by atoms with Crippen LogP contribution in [-0.4, -0.2) is 26.8 Å². The summed E-state index contributed by atoms with van der Waals surface area (Å²) in [6.45, 7) is -0.452. The molecule has 2 rings (SSSR count). The van der Waals surface area contributed by atoms with Gasteiger partial charge in [-0.2, -0.15) is 18.3 Å². The van der Waals surface area contributed by atoms with Gasteiger partial charge in [0.15, 0.2) is 5.69 Å². The van der Waals surface area contributed by atoms with Crippen molar-refractivity contribution in [2.75, 3.05) is 5.32 Å². The van der Waals surface area contributed by atoms with E-state index in [-0.39, 0.29) is 5.69 Å². The van der Waals surface area contributed by atoms with E-state index in [4.69, 9.17) is 5.11 Å². The van der Waals surface area contributed by atoms with E-state index < -0.39 is 35.8 Å². The number of anilines is 1. The van der Waals surface area contributed by atoms with Crippen molar-refractivity contribution in [2.24, 2.45) is 0 Å². The number of nitrogens with zero attached hydrogens (tertiary/aromatic N) is 2. The Morgan fingerprint density at radius 2 is 1.91 bits per heavy atom. The molecule has 0 aliphatic rings. The van der Waals surface area contributed by atoms with Crippen LogP contribution in [0.5, 0.6) is 0 Å². The van der Waals surface area contributed by atoms with Gasteiger partial charge in [-0.3, -0.25) is 14.3 Å². The Labute approximate surface area is 122 Å². The Hall–Kier alpha value is -2.84. The van der Waals surface area contributed by atoms with Gasteiger partial charge in [-0.15, -0.1) is 0 Å². The molecular formula is C13H10F3N3O3. The van der Waals surface area contributed by atoms with Gasteiger partial charge in [0.05, 0.1) is 11.3 Å². The first-order valence-corrected chi connectivity index (χ1v) is 6.00. The van der Waals surface area contributed by atoms with Gasteiger partial charge in [-0.1, -0.05) is 12.1 Å². The van der Waals surface area contributed by atoms with Crippen molar-refractivity contribution in [3.05, 3.63) is 47.8 Å². The summed E-state index contributed by atoms with van der Waals surface area (Å²) in [4.78, 5) is 22.4. The van der Waals surface area contributed by atoms with E-state index in [1.165, 1.54) is 24.4 Å². The van der Waals surface area contributed by atoms with Crippen LogP contribution in [0.25, 0.3) is 0 Å². The van der Waals surface area contributed by atoms with E-state index in [0.717, 1.165) is 16.8 Å². The number of benzene rings is 1. The Morgan fingerprint density at radius 1 is 1.23 bits per heavy atom. The second-order valence-electron chi connectivity index (χ2n) is 4.29. The minimum atomic E-state index is -4.60. The lowest BCUT2D eigenvalue weighted by molar-refractivity contribution is -0.138. The molecule has 0 saturated heterocycles. The molecule has 22 heavy (non-hydrogen) atoms. The minimum absolute atomic E-state index is 0.182. The monoisotopic (exact) mass is 313 g/mol.